The average Bonchev–Trinajstić information content (AvgIpc) is 2.78. The largest absolute Gasteiger partial charge is 0.390 e. The Morgan fingerprint density at radius 1 is 1.25 bits per heavy atom. The molecule has 0 bridgehead atoms. The summed E-state index contributed by atoms with van der Waals surface area (Å²) in [6, 6.07) is 6.22. The molecule has 20 heavy (non-hydrogen) atoms. The van der Waals surface area contributed by atoms with E-state index >= 15 is 0 Å². The summed E-state index contributed by atoms with van der Waals surface area (Å²) in [6.07, 6.45) is 0. The molecule has 0 radical (unpaired) electrons. The van der Waals surface area contributed by atoms with Crippen LogP contribution in [0.4, 0.5) is 10.8 Å². The Labute approximate surface area is 127 Å². The Morgan fingerprint density at radius 3 is 2.65 bits per heavy atom. The number of thioether (sulfide) groups is 1. The van der Waals surface area contributed by atoms with Gasteiger partial charge in [0.1, 0.15) is 0 Å². The van der Waals surface area contributed by atoms with Crippen molar-refractivity contribution in [2.75, 3.05) is 11.1 Å². The topological polar surface area (TPSA) is 58.0 Å². The zero-order valence-corrected chi connectivity index (χ0v) is 13.7. The van der Waals surface area contributed by atoms with Gasteiger partial charge in [-0.2, -0.15) is 0 Å². The maximum atomic E-state index is 9.70. The highest BCUT2D eigenvalue weighted by Crippen LogP contribution is 2.29. The highest BCUT2D eigenvalue weighted by atomic mass is 32.2. The minimum Gasteiger partial charge on any atom is -0.390 e. The molecule has 0 aliphatic rings. The summed E-state index contributed by atoms with van der Waals surface area (Å²) in [5.74, 6) is 0.602. The summed E-state index contributed by atoms with van der Waals surface area (Å²) < 4.78 is 0.860. The molecule has 0 fully saturated rings. The highest BCUT2D eigenvalue weighted by molar-refractivity contribution is 8.01. The molecule has 1 aromatic carbocycles. The summed E-state index contributed by atoms with van der Waals surface area (Å²) in [7, 11) is 0. The molecule has 1 aromatic heterocycles. The SMILES string of the molecule is Cc1ccc(Nc2nnc(SCC(C)(C)O)s2)cc1C. The summed E-state index contributed by atoms with van der Waals surface area (Å²) in [5, 5.41) is 22.0. The van der Waals surface area contributed by atoms with Crippen LogP contribution in [0, 0.1) is 13.8 Å². The van der Waals surface area contributed by atoms with E-state index in [2.05, 4.69) is 41.5 Å². The summed E-state index contributed by atoms with van der Waals surface area (Å²) in [5.41, 5.74) is 2.84. The predicted octanol–water partition coefficient (Wildman–Crippen LogP) is 3.76. The van der Waals surface area contributed by atoms with Crippen LogP contribution in [-0.2, 0) is 0 Å². The fourth-order valence-electron chi connectivity index (χ4n) is 1.50. The third-order valence-electron chi connectivity index (χ3n) is 2.71. The van der Waals surface area contributed by atoms with Gasteiger partial charge in [0.2, 0.25) is 5.13 Å². The fourth-order valence-corrected chi connectivity index (χ4v) is 3.22. The van der Waals surface area contributed by atoms with Crippen LogP contribution in [0.2, 0.25) is 0 Å². The maximum Gasteiger partial charge on any atom is 0.210 e. The number of aromatic nitrogens is 2. The van der Waals surface area contributed by atoms with Gasteiger partial charge in [-0.25, -0.2) is 0 Å². The molecule has 0 aliphatic carbocycles. The molecule has 0 spiro atoms. The first kappa shape index (κ1) is 15.3. The van der Waals surface area contributed by atoms with Gasteiger partial charge >= 0.3 is 0 Å². The average molecular weight is 309 g/mol. The van der Waals surface area contributed by atoms with Crippen LogP contribution in [0.25, 0.3) is 0 Å². The van der Waals surface area contributed by atoms with Crippen molar-refractivity contribution in [2.24, 2.45) is 0 Å². The second kappa shape index (κ2) is 6.11. The Hall–Kier alpha value is -1.11. The lowest BCUT2D eigenvalue weighted by atomic mass is 10.1. The third-order valence-corrected chi connectivity index (χ3v) is 5.13. The lowest BCUT2D eigenvalue weighted by molar-refractivity contribution is 0.107. The van der Waals surface area contributed by atoms with Crippen molar-refractivity contribution >= 4 is 33.9 Å². The van der Waals surface area contributed by atoms with Gasteiger partial charge in [-0.15, -0.1) is 10.2 Å². The van der Waals surface area contributed by atoms with Gasteiger partial charge in [-0.05, 0) is 51.0 Å². The Balaban J connectivity index is 2.00. The van der Waals surface area contributed by atoms with Crippen LogP contribution in [0.5, 0.6) is 0 Å². The van der Waals surface area contributed by atoms with E-state index in [1.54, 1.807) is 13.8 Å². The van der Waals surface area contributed by atoms with Crippen LogP contribution in [0.1, 0.15) is 25.0 Å². The van der Waals surface area contributed by atoms with Crippen LogP contribution in [-0.4, -0.2) is 26.7 Å². The molecule has 2 N–H and O–H groups in total. The van der Waals surface area contributed by atoms with Crippen molar-refractivity contribution in [3.63, 3.8) is 0 Å². The summed E-state index contributed by atoms with van der Waals surface area (Å²) >= 11 is 3.02. The maximum absolute atomic E-state index is 9.70. The number of anilines is 2. The molecule has 0 saturated heterocycles. The number of hydrogen-bond acceptors (Lipinski definition) is 6. The van der Waals surface area contributed by atoms with Crippen molar-refractivity contribution in [2.45, 2.75) is 37.6 Å². The Morgan fingerprint density at radius 2 is 2.00 bits per heavy atom. The molecule has 6 heteroatoms. The highest BCUT2D eigenvalue weighted by Gasteiger charge is 2.15. The molecule has 2 rings (SSSR count). The first-order valence-electron chi connectivity index (χ1n) is 6.36. The minimum atomic E-state index is -0.696. The number of benzene rings is 1. The lowest BCUT2D eigenvalue weighted by Gasteiger charge is -2.14. The molecule has 0 atom stereocenters. The zero-order chi connectivity index (χ0) is 14.8. The quantitative estimate of drug-likeness (QED) is 0.824. The van der Waals surface area contributed by atoms with E-state index in [1.807, 2.05) is 6.07 Å². The number of nitrogens with zero attached hydrogens (tertiary/aromatic N) is 2. The van der Waals surface area contributed by atoms with Gasteiger partial charge in [0.15, 0.2) is 4.34 Å². The molecule has 0 amide bonds. The Bertz CT molecular complexity index is 590. The molecule has 108 valence electrons. The van der Waals surface area contributed by atoms with Crippen LogP contribution < -0.4 is 5.32 Å². The van der Waals surface area contributed by atoms with Crippen molar-refractivity contribution in [1.82, 2.24) is 10.2 Å². The molecular formula is C14H19N3OS2. The van der Waals surface area contributed by atoms with Crippen molar-refractivity contribution in [3.05, 3.63) is 29.3 Å². The normalized spacial score (nSPS) is 11.7. The van der Waals surface area contributed by atoms with Gasteiger partial charge in [-0.1, -0.05) is 29.2 Å². The van der Waals surface area contributed by atoms with E-state index in [0.29, 0.717) is 5.75 Å². The van der Waals surface area contributed by atoms with E-state index in [0.717, 1.165) is 15.2 Å². The van der Waals surface area contributed by atoms with E-state index in [4.69, 9.17) is 0 Å². The molecular weight excluding hydrogens is 290 g/mol. The van der Waals surface area contributed by atoms with Crippen LogP contribution in [0.15, 0.2) is 22.5 Å². The van der Waals surface area contributed by atoms with Crippen LogP contribution in [0.3, 0.4) is 0 Å². The number of aryl methyl sites for hydroxylation is 2. The van der Waals surface area contributed by atoms with E-state index < -0.39 is 5.60 Å². The predicted molar refractivity (Wildman–Crippen MR) is 86.1 cm³/mol. The molecule has 4 nitrogen and oxygen atoms in total. The molecule has 0 aliphatic heterocycles. The fraction of sp³-hybridized carbons (Fsp3) is 0.429. The summed E-state index contributed by atoms with van der Waals surface area (Å²) in [4.78, 5) is 0. The van der Waals surface area contributed by atoms with Gasteiger partial charge in [-0.3, -0.25) is 0 Å². The third kappa shape index (κ3) is 4.47. The molecule has 2 aromatic rings. The first-order chi connectivity index (χ1) is 9.33. The van der Waals surface area contributed by atoms with E-state index in [1.165, 1.54) is 34.2 Å². The Kier molecular flexibility index (Phi) is 4.67. The van der Waals surface area contributed by atoms with Gasteiger partial charge in [0.25, 0.3) is 0 Å². The van der Waals surface area contributed by atoms with Crippen molar-refractivity contribution < 1.29 is 5.11 Å². The number of rotatable bonds is 5. The molecule has 0 saturated carbocycles. The number of aliphatic hydroxyl groups is 1. The standard InChI is InChI=1S/C14H19N3OS2/c1-9-5-6-11(7-10(9)2)15-12-16-17-13(20-12)19-8-14(3,4)18/h5-7,18H,8H2,1-4H3,(H,15,16). The molecule has 0 unspecified atom stereocenters. The smallest absolute Gasteiger partial charge is 0.210 e. The van der Waals surface area contributed by atoms with Gasteiger partial charge in [0.05, 0.1) is 5.60 Å². The number of nitrogens with one attached hydrogen (secondary N) is 1. The van der Waals surface area contributed by atoms with Gasteiger partial charge in [0, 0.05) is 11.4 Å². The van der Waals surface area contributed by atoms with Gasteiger partial charge < -0.3 is 10.4 Å². The van der Waals surface area contributed by atoms with E-state index in [9.17, 15) is 5.11 Å². The van der Waals surface area contributed by atoms with Crippen LogP contribution >= 0.6 is 23.1 Å². The second-order valence-electron chi connectivity index (χ2n) is 5.40. The number of hydrogen-bond donors (Lipinski definition) is 2. The summed E-state index contributed by atoms with van der Waals surface area (Å²) in [6.45, 7) is 7.76. The second-order valence-corrected chi connectivity index (χ2v) is 7.60. The molecule has 1 heterocycles. The monoisotopic (exact) mass is 309 g/mol. The van der Waals surface area contributed by atoms with Crippen molar-refractivity contribution in [1.29, 1.82) is 0 Å². The first-order valence-corrected chi connectivity index (χ1v) is 8.17. The minimum absolute atomic E-state index is 0.602. The van der Waals surface area contributed by atoms with E-state index in [-0.39, 0.29) is 0 Å². The zero-order valence-electron chi connectivity index (χ0n) is 12.1. The van der Waals surface area contributed by atoms with Crippen molar-refractivity contribution in [3.8, 4) is 0 Å². The lowest BCUT2D eigenvalue weighted by Crippen LogP contribution is -2.21.